The molecule has 0 aliphatic carbocycles. The summed E-state index contributed by atoms with van der Waals surface area (Å²) in [5.74, 6) is -1.10. The number of aryl methyl sites for hydroxylation is 1. The number of pyridine rings is 1. The van der Waals surface area contributed by atoms with E-state index in [1.807, 2.05) is 6.92 Å². The van der Waals surface area contributed by atoms with E-state index in [0.717, 1.165) is 0 Å². The Kier molecular flexibility index (Phi) is 2.63. The molecule has 82 valence electrons. The second-order valence-electron chi connectivity index (χ2n) is 3.11. The number of aromatic nitrogens is 4. The lowest BCUT2D eigenvalue weighted by atomic mass is 10.2. The van der Waals surface area contributed by atoms with Crippen molar-refractivity contribution in [2.45, 2.75) is 13.5 Å². The Hall–Kier alpha value is -2.24. The Morgan fingerprint density at radius 1 is 1.44 bits per heavy atom. The van der Waals surface area contributed by atoms with Gasteiger partial charge in [0.05, 0.1) is 12.2 Å². The van der Waals surface area contributed by atoms with Crippen LogP contribution in [0.25, 0.3) is 11.4 Å². The van der Waals surface area contributed by atoms with Crippen molar-refractivity contribution < 1.29 is 9.90 Å². The molecular weight excluding hydrogens is 208 g/mol. The Morgan fingerprint density at radius 2 is 2.25 bits per heavy atom. The average molecular weight is 218 g/mol. The number of carboxylic acids is 1. The van der Waals surface area contributed by atoms with Crippen molar-refractivity contribution >= 4 is 5.97 Å². The van der Waals surface area contributed by atoms with Crippen LogP contribution < -0.4 is 0 Å². The fraction of sp³-hybridized carbons (Fsp3) is 0.200. The molecule has 0 saturated carbocycles. The number of carboxylic acid groups (broad SMARTS) is 1. The van der Waals surface area contributed by atoms with Crippen LogP contribution in [0.15, 0.2) is 24.4 Å². The van der Waals surface area contributed by atoms with Crippen LogP contribution in [0.3, 0.4) is 0 Å². The molecule has 1 N–H and O–H groups in total. The smallest absolute Gasteiger partial charge is 0.358 e. The molecule has 6 nitrogen and oxygen atoms in total. The maximum absolute atomic E-state index is 11.0. The van der Waals surface area contributed by atoms with Crippen LogP contribution in [-0.4, -0.2) is 31.1 Å². The third-order valence-electron chi connectivity index (χ3n) is 2.05. The van der Waals surface area contributed by atoms with Crippen molar-refractivity contribution in [3.63, 3.8) is 0 Å². The zero-order chi connectivity index (χ0) is 11.5. The molecule has 0 saturated heterocycles. The van der Waals surface area contributed by atoms with Gasteiger partial charge in [-0.2, -0.15) is 9.90 Å². The van der Waals surface area contributed by atoms with Gasteiger partial charge in [-0.25, -0.2) is 4.79 Å². The van der Waals surface area contributed by atoms with E-state index < -0.39 is 5.97 Å². The molecule has 2 aromatic rings. The van der Waals surface area contributed by atoms with Gasteiger partial charge >= 0.3 is 5.97 Å². The third kappa shape index (κ3) is 1.77. The van der Waals surface area contributed by atoms with E-state index in [2.05, 4.69) is 15.2 Å². The highest BCUT2D eigenvalue weighted by atomic mass is 16.4. The van der Waals surface area contributed by atoms with Crippen LogP contribution in [0.1, 0.15) is 17.4 Å². The summed E-state index contributed by atoms with van der Waals surface area (Å²) in [4.78, 5) is 16.4. The van der Waals surface area contributed by atoms with Crippen molar-refractivity contribution in [1.29, 1.82) is 0 Å². The highest BCUT2D eigenvalue weighted by Crippen LogP contribution is 2.17. The van der Waals surface area contributed by atoms with Gasteiger partial charge in [-0.3, -0.25) is 4.98 Å². The molecule has 0 atom stereocenters. The molecule has 0 aliphatic heterocycles. The van der Waals surface area contributed by atoms with Gasteiger partial charge in [0.1, 0.15) is 5.69 Å². The molecule has 16 heavy (non-hydrogen) atoms. The Bertz CT molecular complexity index is 507. The molecule has 0 aliphatic rings. The van der Waals surface area contributed by atoms with Crippen LogP contribution in [-0.2, 0) is 6.54 Å². The van der Waals surface area contributed by atoms with E-state index in [-0.39, 0.29) is 5.69 Å². The number of carbonyl (C=O) groups is 1. The summed E-state index contributed by atoms with van der Waals surface area (Å²) in [5.41, 5.74) is 0.745. The maximum Gasteiger partial charge on any atom is 0.358 e. The Balaban J connectivity index is 2.55. The van der Waals surface area contributed by atoms with E-state index in [0.29, 0.717) is 17.9 Å². The number of hydrogen-bond donors (Lipinski definition) is 1. The van der Waals surface area contributed by atoms with Crippen molar-refractivity contribution in [3.05, 3.63) is 30.1 Å². The molecule has 2 heterocycles. The van der Waals surface area contributed by atoms with Crippen LogP contribution >= 0.6 is 0 Å². The summed E-state index contributed by atoms with van der Waals surface area (Å²) in [5, 5.41) is 16.9. The number of rotatable bonds is 3. The highest BCUT2D eigenvalue weighted by molar-refractivity contribution is 5.91. The molecule has 0 amide bonds. The summed E-state index contributed by atoms with van der Waals surface area (Å²) in [7, 11) is 0. The monoisotopic (exact) mass is 218 g/mol. The van der Waals surface area contributed by atoms with Gasteiger partial charge in [-0.1, -0.05) is 6.07 Å². The van der Waals surface area contributed by atoms with Gasteiger partial charge in [-0.05, 0) is 19.1 Å². The normalized spacial score (nSPS) is 10.3. The minimum atomic E-state index is -1.10. The summed E-state index contributed by atoms with van der Waals surface area (Å²) in [6, 6.07) is 5.24. The molecule has 0 unspecified atom stereocenters. The van der Waals surface area contributed by atoms with Crippen molar-refractivity contribution in [1.82, 2.24) is 20.0 Å². The summed E-state index contributed by atoms with van der Waals surface area (Å²) in [6.07, 6.45) is 1.59. The first-order valence-electron chi connectivity index (χ1n) is 4.82. The topological polar surface area (TPSA) is 80.9 Å². The zero-order valence-electron chi connectivity index (χ0n) is 8.66. The summed E-state index contributed by atoms with van der Waals surface area (Å²) >= 11 is 0. The zero-order valence-corrected chi connectivity index (χ0v) is 8.66. The quantitative estimate of drug-likeness (QED) is 0.833. The first-order valence-corrected chi connectivity index (χ1v) is 4.82. The van der Waals surface area contributed by atoms with Crippen LogP contribution in [0.4, 0.5) is 0 Å². The van der Waals surface area contributed by atoms with Gasteiger partial charge in [0.15, 0.2) is 5.69 Å². The predicted octanol–water partition coefficient (Wildman–Crippen LogP) is 1.06. The second kappa shape index (κ2) is 4.09. The first kappa shape index (κ1) is 10.3. The molecule has 0 fully saturated rings. The lowest BCUT2D eigenvalue weighted by Gasteiger charge is -1.94. The number of aromatic carboxylic acids is 1. The Labute approximate surface area is 91.6 Å². The van der Waals surface area contributed by atoms with Gasteiger partial charge in [0.2, 0.25) is 0 Å². The summed E-state index contributed by atoms with van der Waals surface area (Å²) in [6.45, 7) is 2.36. The number of nitrogens with zero attached hydrogens (tertiary/aromatic N) is 4. The van der Waals surface area contributed by atoms with E-state index in [1.165, 1.54) is 4.80 Å². The standard InChI is InChI=1S/C10H10N4O2/c1-2-14-12-8(9(13-14)10(15)16)7-5-3-4-6-11-7/h3-6H,2H2,1H3,(H,15,16). The van der Waals surface area contributed by atoms with Crippen molar-refractivity contribution in [2.75, 3.05) is 0 Å². The van der Waals surface area contributed by atoms with Gasteiger partial charge in [-0.15, -0.1) is 5.10 Å². The van der Waals surface area contributed by atoms with Gasteiger partial charge < -0.3 is 5.11 Å². The number of hydrogen-bond acceptors (Lipinski definition) is 4. The maximum atomic E-state index is 11.0. The van der Waals surface area contributed by atoms with Crippen LogP contribution in [0, 0.1) is 0 Å². The highest BCUT2D eigenvalue weighted by Gasteiger charge is 2.19. The molecule has 0 aromatic carbocycles. The van der Waals surface area contributed by atoms with Crippen LogP contribution in [0.2, 0.25) is 0 Å². The van der Waals surface area contributed by atoms with Crippen molar-refractivity contribution in [3.8, 4) is 11.4 Å². The molecule has 0 radical (unpaired) electrons. The second-order valence-corrected chi connectivity index (χ2v) is 3.11. The fourth-order valence-corrected chi connectivity index (χ4v) is 1.31. The van der Waals surface area contributed by atoms with E-state index in [1.54, 1.807) is 24.4 Å². The lowest BCUT2D eigenvalue weighted by Crippen LogP contribution is -2.02. The van der Waals surface area contributed by atoms with Crippen molar-refractivity contribution in [2.24, 2.45) is 0 Å². The summed E-state index contributed by atoms with van der Waals surface area (Å²) < 4.78 is 0. The molecule has 0 bridgehead atoms. The minimum absolute atomic E-state index is 0.0689. The minimum Gasteiger partial charge on any atom is -0.476 e. The predicted molar refractivity (Wildman–Crippen MR) is 55.9 cm³/mol. The molecule has 2 rings (SSSR count). The molecule has 2 aromatic heterocycles. The molecular formula is C10H10N4O2. The van der Waals surface area contributed by atoms with Crippen LogP contribution in [0.5, 0.6) is 0 Å². The average Bonchev–Trinajstić information content (AvgIpc) is 2.74. The lowest BCUT2D eigenvalue weighted by molar-refractivity contribution is 0.0690. The fourth-order valence-electron chi connectivity index (χ4n) is 1.31. The van der Waals surface area contributed by atoms with Gasteiger partial charge in [0.25, 0.3) is 0 Å². The molecule has 6 heteroatoms. The molecule has 0 spiro atoms. The van der Waals surface area contributed by atoms with E-state index in [4.69, 9.17) is 5.11 Å². The van der Waals surface area contributed by atoms with Gasteiger partial charge in [0, 0.05) is 6.20 Å². The first-order chi connectivity index (χ1) is 7.72. The largest absolute Gasteiger partial charge is 0.476 e. The van der Waals surface area contributed by atoms with E-state index in [9.17, 15) is 4.79 Å². The Morgan fingerprint density at radius 3 is 2.81 bits per heavy atom. The third-order valence-corrected chi connectivity index (χ3v) is 2.05. The SMILES string of the molecule is CCn1nc(C(=O)O)c(-c2ccccn2)n1. The van der Waals surface area contributed by atoms with E-state index >= 15 is 0 Å².